The molecule has 0 saturated heterocycles. The Morgan fingerprint density at radius 1 is 1.40 bits per heavy atom. The molecule has 1 aromatic heterocycles. The summed E-state index contributed by atoms with van der Waals surface area (Å²) in [6.45, 7) is 2.25. The molecule has 0 bridgehead atoms. The Hall–Kier alpha value is -1.95. The first kappa shape index (κ1) is 14.5. The van der Waals surface area contributed by atoms with Gasteiger partial charge in [-0.2, -0.15) is 9.64 Å². The molecule has 0 atom stereocenters. The summed E-state index contributed by atoms with van der Waals surface area (Å²) in [5, 5.41) is 17.9. The second-order valence-electron chi connectivity index (χ2n) is 4.13. The summed E-state index contributed by atoms with van der Waals surface area (Å²) in [7, 11) is -3.67. The lowest BCUT2D eigenvalue weighted by atomic mass is 10.2. The first-order valence-corrected chi connectivity index (χ1v) is 7.96. The van der Waals surface area contributed by atoms with Crippen LogP contribution in [-0.2, 0) is 16.6 Å². The molecule has 1 aromatic carbocycles. The van der Waals surface area contributed by atoms with Crippen molar-refractivity contribution in [2.75, 3.05) is 5.32 Å². The number of hydrogen-bond acceptors (Lipinski definition) is 6. The molecule has 0 fully saturated rings. The first-order chi connectivity index (χ1) is 9.41. The number of aromatic nitrogens is 1. The van der Waals surface area contributed by atoms with Gasteiger partial charge in [0.15, 0.2) is 0 Å². The van der Waals surface area contributed by atoms with E-state index in [1.807, 2.05) is 0 Å². The zero-order valence-electron chi connectivity index (χ0n) is 10.6. The monoisotopic (exact) mass is 308 g/mol. The highest BCUT2D eigenvalue weighted by Crippen LogP contribution is 2.24. The Kier molecular flexibility index (Phi) is 4.04. The van der Waals surface area contributed by atoms with Crippen LogP contribution in [0.15, 0.2) is 29.2 Å². The molecular weight excluding hydrogens is 296 g/mol. The van der Waals surface area contributed by atoms with Crippen molar-refractivity contribution in [3.05, 3.63) is 41.1 Å². The minimum atomic E-state index is -3.67. The third-order valence-corrected chi connectivity index (χ3v) is 4.50. The molecule has 20 heavy (non-hydrogen) atoms. The number of nitrogens with two attached hydrogens (primary N) is 1. The van der Waals surface area contributed by atoms with Gasteiger partial charge >= 0.3 is 0 Å². The number of rotatable bonds is 4. The van der Waals surface area contributed by atoms with E-state index in [1.54, 1.807) is 19.1 Å². The number of nitriles is 1. The van der Waals surface area contributed by atoms with Crippen LogP contribution < -0.4 is 10.5 Å². The summed E-state index contributed by atoms with van der Waals surface area (Å²) in [5.74, 6) is 0. The van der Waals surface area contributed by atoms with Crippen LogP contribution in [0.25, 0.3) is 0 Å². The average molecular weight is 308 g/mol. The van der Waals surface area contributed by atoms with Crippen LogP contribution in [-0.4, -0.2) is 12.8 Å². The van der Waals surface area contributed by atoms with E-state index in [4.69, 9.17) is 10.4 Å². The van der Waals surface area contributed by atoms with Gasteiger partial charge in [-0.1, -0.05) is 12.1 Å². The third-order valence-electron chi connectivity index (χ3n) is 2.68. The van der Waals surface area contributed by atoms with Gasteiger partial charge in [-0.3, -0.25) is 0 Å². The van der Waals surface area contributed by atoms with Gasteiger partial charge in [0.1, 0.15) is 16.6 Å². The van der Waals surface area contributed by atoms with Gasteiger partial charge in [-0.25, -0.2) is 13.6 Å². The third kappa shape index (κ3) is 3.14. The molecule has 2 rings (SSSR count). The fourth-order valence-electron chi connectivity index (χ4n) is 1.60. The van der Waals surface area contributed by atoms with Crippen LogP contribution in [0.5, 0.6) is 0 Å². The smallest absolute Gasteiger partial charge is 0.238 e. The molecule has 3 N–H and O–H groups in total. The minimum Gasteiger partial charge on any atom is -0.370 e. The number of hydrogen-bond donors (Lipinski definition) is 2. The maximum absolute atomic E-state index is 11.1. The van der Waals surface area contributed by atoms with Crippen molar-refractivity contribution in [3.8, 4) is 6.07 Å². The lowest BCUT2D eigenvalue weighted by Crippen LogP contribution is -2.12. The second-order valence-corrected chi connectivity index (χ2v) is 6.46. The molecule has 0 aliphatic heterocycles. The molecule has 0 radical (unpaired) electrons. The first-order valence-electron chi connectivity index (χ1n) is 5.64. The van der Waals surface area contributed by atoms with Gasteiger partial charge in [0, 0.05) is 6.54 Å². The lowest BCUT2D eigenvalue weighted by Gasteiger charge is -2.05. The summed E-state index contributed by atoms with van der Waals surface area (Å²) in [5.41, 5.74) is 2.12. The highest BCUT2D eigenvalue weighted by Gasteiger charge is 2.10. The van der Waals surface area contributed by atoms with Crippen molar-refractivity contribution in [1.29, 1.82) is 5.26 Å². The van der Waals surface area contributed by atoms with Crippen molar-refractivity contribution in [3.63, 3.8) is 0 Å². The quantitative estimate of drug-likeness (QED) is 0.891. The van der Waals surface area contributed by atoms with Crippen LogP contribution in [0, 0.1) is 18.3 Å². The van der Waals surface area contributed by atoms with Crippen molar-refractivity contribution in [2.24, 2.45) is 5.14 Å². The van der Waals surface area contributed by atoms with Gasteiger partial charge in [-0.15, -0.1) is 0 Å². The summed E-state index contributed by atoms with van der Waals surface area (Å²) < 4.78 is 26.4. The van der Waals surface area contributed by atoms with Crippen molar-refractivity contribution in [1.82, 2.24) is 4.37 Å². The van der Waals surface area contributed by atoms with Crippen LogP contribution in [0.1, 0.15) is 16.8 Å². The number of primary sulfonamides is 1. The molecule has 0 unspecified atom stereocenters. The maximum Gasteiger partial charge on any atom is 0.238 e. The Morgan fingerprint density at radius 2 is 2.05 bits per heavy atom. The minimum absolute atomic E-state index is 0.0765. The molecule has 6 nitrogen and oxygen atoms in total. The molecule has 0 aliphatic carbocycles. The molecular formula is C12H12N4O2S2. The molecule has 0 aliphatic rings. The van der Waals surface area contributed by atoms with Crippen LogP contribution in [0.4, 0.5) is 5.00 Å². The fraction of sp³-hybridized carbons (Fsp3) is 0.167. The molecule has 8 heteroatoms. The Bertz CT molecular complexity index is 758. The maximum atomic E-state index is 11.1. The number of benzene rings is 1. The Labute approximate surface area is 121 Å². The van der Waals surface area contributed by atoms with E-state index in [0.717, 1.165) is 5.56 Å². The van der Waals surface area contributed by atoms with E-state index in [1.165, 1.54) is 23.7 Å². The molecule has 0 saturated carbocycles. The zero-order chi connectivity index (χ0) is 14.8. The number of aryl methyl sites for hydroxylation is 1. The Morgan fingerprint density at radius 3 is 2.60 bits per heavy atom. The van der Waals surface area contributed by atoms with Gasteiger partial charge in [-0.05, 0) is 36.2 Å². The van der Waals surface area contributed by atoms with Crippen LogP contribution in [0.3, 0.4) is 0 Å². The number of sulfonamides is 1. The predicted octanol–water partition coefficient (Wildman–Crippen LogP) is 1.58. The Balaban J connectivity index is 2.10. The standard InChI is InChI=1S/C12H12N4O2S2/c1-8-11(6-13)12(19-16-8)15-7-9-2-4-10(5-3-9)20(14,17)18/h2-5,15H,7H2,1H3,(H2,14,17,18). The molecule has 0 spiro atoms. The van der Waals surface area contributed by atoms with Crippen molar-refractivity contribution >= 4 is 26.6 Å². The number of anilines is 1. The average Bonchev–Trinajstić information content (AvgIpc) is 2.76. The summed E-state index contributed by atoms with van der Waals surface area (Å²) in [6.07, 6.45) is 0. The predicted molar refractivity (Wildman–Crippen MR) is 76.7 cm³/mol. The SMILES string of the molecule is Cc1nsc(NCc2ccc(S(N)(=O)=O)cc2)c1C#N. The largest absolute Gasteiger partial charge is 0.370 e. The van der Waals surface area contributed by atoms with Crippen molar-refractivity contribution < 1.29 is 8.42 Å². The lowest BCUT2D eigenvalue weighted by molar-refractivity contribution is 0.598. The fourth-order valence-corrected chi connectivity index (χ4v) is 2.86. The molecule has 104 valence electrons. The summed E-state index contributed by atoms with van der Waals surface area (Å²) >= 11 is 1.23. The normalized spacial score (nSPS) is 11.1. The highest BCUT2D eigenvalue weighted by atomic mass is 32.2. The van der Waals surface area contributed by atoms with E-state index < -0.39 is 10.0 Å². The summed E-state index contributed by atoms with van der Waals surface area (Å²) in [4.78, 5) is 0.0765. The molecule has 2 aromatic rings. The summed E-state index contributed by atoms with van der Waals surface area (Å²) in [6, 6.07) is 8.35. The molecule has 1 heterocycles. The van der Waals surface area contributed by atoms with E-state index in [2.05, 4.69) is 15.8 Å². The second kappa shape index (κ2) is 5.58. The van der Waals surface area contributed by atoms with E-state index in [9.17, 15) is 8.42 Å². The van der Waals surface area contributed by atoms with Gasteiger partial charge < -0.3 is 5.32 Å². The van der Waals surface area contributed by atoms with Crippen molar-refractivity contribution in [2.45, 2.75) is 18.4 Å². The van der Waals surface area contributed by atoms with Crippen LogP contribution >= 0.6 is 11.5 Å². The highest BCUT2D eigenvalue weighted by molar-refractivity contribution is 7.89. The van der Waals surface area contributed by atoms with E-state index in [0.29, 0.717) is 22.8 Å². The van der Waals surface area contributed by atoms with E-state index in [-0.39, 0.29) is 4.90 Å². The molecule has 0 amide bonds. The number of nitrogens with zero attached hydrogens (tertiary/aromatic N) is 2. The van der Waals surface area contributed by atoms with Gasteiger partial charge in [0.2, 0.25) is 10.0 Å². The van der Waals surface area contributed by atoms with Gasteiger partial charge in [0.05, 0.1) is 10.6 Å². The van der Waals surface area contributed by atoms with Gasteiger partial charge in [0.25, 0.3) is 0 Å². The topological polar surface area (TPSA) is 109 Å². The zero-order valence-corrected chi connectivity index (χ0v) is 12.3. The van der Waals surface area contributed by atoms with E-state index >= 15 is 0 Å². The number of nitrogens with one attached hydrogen (secondary N) is 1. The van der Waals surface area contributed by atoms with Crippen LogP contribution in [0.2, 0.25) is 0 Å².